The quantitative estimate of drug-likeness (QED) is 0.128. The van der Waals surface area contributed by atoms with Gasteiger partial charge in [-0.15, -0.1) is 24.3 Å². The normalized spacial score (nSPS) is 11.7. The first-order valence-corrected chi connectivity index (χ1v) is 17.6. The molecule has 7 nitrogen and oxygen atoms in total. The summed E-state index contributed by atoms with van der Waals surface area (Å²) < 4.78 is 17.4. The molecule has 8 heteroatoms. The van der Waals surface area contributed by atoms with E-state index in [9.17, 15) is 0 Å². The van der Waals surface area contributed by atoms with Gasteiger partial charge in [-0.05, 0) is 41.8 Å². The molecule has 0 spiro atoms. The van der Waals surface area contributed by atoms with Crippen LogP contribution in [0.3, 0.4) is 0 Å². The largest absolute Gasteiger partial charge is 0.510 e. The Hall–Kier alpha value is -6.43. The van der Waals surface area contributed by atoms with Crippen molar-refractivity contribution in [2.24, 2.45) is 14.1 Å². The van der Waals surface area contributed by atoms with Gasteiger partial charge in [0.15, 0.2) is 0 Å². The molecule has 0 atom stereocenters. The predicted molar refractivity (Wildman–Crippen MR) is 210 cm³/mol. The summed E-state index contributed by atoms with van der Waals surface area (Å²) in [6, 6.07) is 51.4. The van der Waals surface area contributed by atoms with Crippen molar-refractivity contribution in [1.82, 2.24) is 23.3 Å². The van der Waals surface area contributed by atoms with Gasteiger partial charge in [-0.25, -0.2) is 4.98 Å². The molecule has 54 heavy (non-hydrogen) atoms. The third-order valence-electron chi connectivity index (χ3n) is 10.4. The molecule has 5 heterocycles. The van der Waals surface area contributed by atoms with Crippen molar-refractivity contribution in [3.8, 4) is 28.7 Å². The summed E-state index contributed by atoms with van der Waals surface area (Å²) in [7, 11) is 4.13. The number of aryl methyl sites for hydroxylation is 2. The van der Waals surface area contributed by atoms with Gasteiger partial charge in [-0.2, -0.15) is 18.2 Å². The summed E-state index contributed by atoms with van der Waals surface area (Å²) in [5.41, 5.74) is 8.55. The molecule has 0 N–H and O–H groups in total. The van der Waals surface area contributed by atoms with Crippen LogP contribution in [0.5, 0.6) is 11.5 Å². The monoisotopic (exact) mass is 877 g/mol. The van der Waals surface area contributed by atoms with Crippen LogP contribution in [-0.4, -0.2) is 23.3 Å². The van der Waals surface area contributed by atoms with E-state index in [2.05, 4.69) is 130 Å². The van der Waals surface area contributed by atoms with E-state index in [1.165, 1.54) is 21.7 Å². The van der Waals surface area contributed by atoms with E-state index in [1.807, 2.05) is 71.2 Å². The van der Waals surface area contributed by atoms with E-state index >= 15 is 0 Å². The minimum atomic E-state index is 0. The number of fused-ring (bicyclic) bond motifs is 12. The number of hydrogen-bond acceptors (Lipinski definition) is 2. The van der Waals surface area contributed by atoms with Crippen molar-refractivity contribution in [3.05, 3.63) is 164 Å². The van der Waals surface area contributed by atoms with E-state index in [0.717, 1.165) is 60.9 Å². The molecular formula is C46H30N6OPt-2. The second-order valence-electron chi connectivity index (χ2n) is 13.4. The van der Waals surface area contributed by atoms with Crippen molar-refractivity contribution in [2.75, 3.05) is 0 Å². The van der Waals surface area contributed by atoms with Crippen LogP contribution in [0.1, 0.15) is 0 Å². The van der Waals surface area contributed by atoms with Crippen molar-refractivity contribution in [3.63, 3.8) is 0 Å². The smallest absolute Gasteiger partial charge is 0.241 e. The van der Waals surface area contributed by atoms with Gasteiger partial charge in [0.05, 0.1) is 23.6 Å². The average Bonchev–Trinajstić information content (AvgIpc) is 3.95. The Kier molecular flexibility index (Phi) is 7.36. The van der Waals surface area contributed by atoms with E-state index in [0.29, 0.717) is 11.5 Å². The van der Waals surface area contributed by atoms with Crippen molar-refractivity contribution in [2.45, 2.75) is 0 Å². The minimum Gasteiger partial charge on any atom is -0.510 e. The van der Waals surface area contributed by atoms with Gasteiger partial charge >= 0.3 is 0 Å². The summed E-state index contributed by atoms with van der Waals surface area (Å²) in [6.45, 7) is 0. The number of pyridine rings is 1. The van der Waals surface area contributed by atoms with E-state index in [-0.39, 0.29) is 21.1 Å². The summed E-state index contributed by atoms with van der Waals surface area (Å²) in [5, 5.41) is 6.98. The molecule has 11 rings (SSSR count). The first-order chi connectivity index (χ1) is 26.1. The number of rotatable bonds is 5. The molecule has 0 fully saturated rings. The van der Waals surface area contributed by atoms with Gasteiger partial charge in [0, 0.05) is 96.5 Å². The van der Waals surface area contributed by atoms with Gasteiger partial charge in [-0.1, -0.05) is 77.3 Å². The van der Waals surface area contributed by atoms with Crippen LogP contribution in [0.4, 0.5) is 0 Å². The van der Waals surface area contributed by atoms with Gasteiger partial charge < -0.3 is 27.6 Å². The van der Waals surface area contributed by atoms with Crippen LogP contribution in [0.15, 0.2) is 146 Å². The fraction of sp³-hybridized carbons (Fsp3) is 0.0435. The first-order valence-electron chi connectivity index (χ1n) is 17.6. The van der Waals surface area contributed by atoms with Crippen LogP contribution in [0.25, 0.3) is 82.6 Å². The van der Waals surface area contributed by atoms with E-state index in [1.54, 1.807) is 0 Å². The first kappa shape index (κ1) is 32.2. The molecule has 0 saturated carbocycles. The average molecular weight is 878 g/mol. The number of hydrogen-bond donors (Lipinski definition) is 0. The Labute approximate surface area is 324 Å². The molecule has 262 valence electrons. The fourth-order valence-corrected chi connectivity index (χ4v) is 8.22. The third-order valence-corrected chi connectivity index (χ3v) is 10.4. The predicted octanol–water partition coefficient (Wildman–Crippen LogP) is 9.73. The van der Waals surface area contributed by atoms with Crippen LogP contribution in [-0.2, 0) is 35.2 Å². The second-order valence-corrected chi connectivity index (χ2v) is 13.4. The Balaban J connectivity index is 0.00000361. The van der Waals surface area contributed by atoms with Crippen LogP contribution in [0, 0.1) is 18.5 Å². The summed E-state index contributed by atoms with van der Waals surface area (Å²) in [4.78, 5) is 4.95. The van der Waals surface area contributed by atoms with Crippen molar-refractivity contribution in [1.29, 1.82) is 0 Å². The standard InChI is InChI=1S/C46H30N6O.Pt/c1-48-25-26-50(29-48)31-15-12-16-32(27-31)53-33-22-23-36-39(28-33)52(40-21-10-11-24-47-40)46-42(36)44-41(34-17-6-8-19-37(34)49(44)2)45-43(46)35-18-7-9-20-38(35)51(45)30-13-4-3-5-14-30;/h3-26H,1-2H3;/q-2;. The Morgan fingerprint density at radius 3 is 2.06 bits per heavy atom. The maximum Gasteiger partial charge on any atom is 0.241 e. The number of benzene rings is 6. The van der Waals surface area contributed by atoms with Gasteiger partial charge in [0.2, 0.25) is 6.33 Å². The Morgan fingerprint density at radius 1 is 0.593 bits per heavy atom. The Bertz CT molecular complexity index is 3230. The topological polar surface area (TPSA) is 45.7 Å². The molecule has 0 amide bonds. The number of para-hydroxylation sites is 3. The molecule has 0 aliphatic rings. The summed E-state index contributed by atoms with van der Waals surface area (Å²) in [6.07, 6.45) is 8.99. The van der Waals surface area contributed by atoms with Gasteiger partial charge in [0.25, 0.3) is 0 Å². The molecule has 0 unspecified atom stereocenters. The molecule has 6 aromatic carbocycles. The number of imidazole rings is 1. The zero-order valence-electron chi connectivity index (χ0n) is 29.3. The molecule has 0 bridgehead atoms. The van der Waals surface area contributed by atoms with Gasteiger partial charge in [0.1, 0.15) is 5.82 Å². The van der Waals surface area contributed by atoms with Crippen molar-refractivity contribution < 1.29 is 30.4 Å². The Morgan fingerprint density at radius 2 is 1.28 bits per heavy atom. The SMILES string of the molecule is Cn1[c-][n+](-c2[c-]c(Oc3[c-]c4c(cc3)c3c5c(c6ccccc6n5C)c5c(c6ccccc6n5-c5ccccc5)c3n4-c3ccccn3)ccc2)cc1.[Pt]. The molecule has 0 saturated heterocycles. The molecule has 0 aliphatic carbocycles. The summed E-state index contributed by atoms with van der Waals surface area (Å²) >= 11 is 0. The summed E-state index contributed by atoms with van der Waals surface area (Å²) in [5.74, 6) is 1.98. The molecule has 0 radical (unpaired) electrons. The van der Waals surface area contributed by atoms with E-state index in [4.69, 9.17) is 9.72 Å². The molecule has 11 aromatic rings. The molecule has 5 aromatic heterocycles. The zero-order chi connectivity index (χ0) is 35.2. The minimum absolute atomic E-state index is 0. The zero-order valence-corrected chi connectivity index (χ0v) is 31.5. The van der Waals surface area contributed by atoms with Crippen molar-refractivity contribution >= 4 is 65.4 Å². The van der Waals surface area contributed by atoms with Gasteiger partial charge in [-0.3, -0.25) is 0 Å². The number of nitrogens with zero attached hydrogens (tertiary/aromatic N) is 6. The maximum atomic E-state index is 6.53. The van der Waals surface area contributed by atoms with E-state index < -0.39 is 0 Å². The van der Waals surface area contributed by atoms with Crippen LogP contribution in [0.2, 0.25) is 0 Å². The molecule has 0 aliphatic heterocycles. The van der Waals surface area contributed by atoms with Crippen LogP contribution < -0.4 is 9.30 Å². The fourth-order valence-electron chi connectivity index (χ4n) is 8.22. The molecular weight excluding hydrogens is 848 g/mol. The number of ether oxygens (including phenoxy) is 1. The number of aromatic nitrogens is 6. The maximum absolute atomic E-state index is 6.53. The second kappa shape index (κ2) is 12.3. The van der Waals surface area contributed by atoms with Crippen LogP contribution >= 0.6 is 0 Å². The third kappa shape index (κ3) is 4.65.